The minimum absolute atomic E-state index is 0.00242. The van der Waals surface area contributed by atoms with E-state index in [0.717, 1.165) is 23.1 Å². The van der Waals surface area contributed by atoms with Crippen molar-refractivity contribution in [3.05, 3.63) is 50.9 Å². The average Bonchev–Trinajstić information content (AvgIpc) is 3.03. The Morgan fingerprint density at radius 3 is 2.58 bits per heavy atom. The summed E-state index contributed by atoms with van der Waals surface area (Å²) in [5.41, 5.74) is 1.59. The zero-order chi connectivity index (χ0) is 26.0. The van der Waals surface area contributed by atoms with Crippen molar-refractivity contribution in [1.82, 2.24) is 20.6 Å². The Bertz CT molecular complexity index is 1230. The zero-order valence-electron chi connectivity index (χ0n) is 19.2. The molecule has 0 aliphatic carbocycles. The number of rotatable bonds is 6. The number of halogens is 3. The third kappa shape index (κ3) is 5.46. The molecule has 2 fully saturated rings. The highest BCUT2D eigenvalue weighted by Crippen LogP contribution is 2.31. The topological polar surface area (TPSA) is 128 Å². The molecular weight excluding hydrogens is 502 g/mol. The van der Waals surface area contributed by atoms with Crippen LogP contribution in [0.15, 0.2) is 23.0 Å². The van der Waals surface area contributed by atoms with Gasteiger partial charge in [-0.3, -0.25) is 19.5 Å². The maximum atomic E-state index is 15.1. The smallest absolute Gasteiger partial charge is 0.414 e. The van der Waals surface area contributed by atoms with Crippen LogP contribution >= 0.6 is 11.6 Å². The minimum Gasteiger partial charge on any atom is -0.444 e. The lowest BCUT2D eigenvalue weighted by molar-refractivity contribution is -0.117. The van der Waals surface area contributed by atoms with Gasteiger partial charge in [0, 0.05) is 38.2 Å². The van der Waals surface area contributed by atoms with Crippen molar-refractivity contribution in [2.75, 3.05) is 42.5 Å². The largest absolute Gasteiger partial charge is 0.444 e. The summed E-state index contributed by atoms with van der Waals surface area (Å²) in [5.74, 6) is -2.48. The van der Waals surface area contributed by atoms with Crippen LogP contribution in [0.2, 0.25) is 5.15 Å². The molecule has 11 nitrogen and oxygen atoms in total. The van der Waals surface area contributed by atoms with Crippen molar-refractivity contribution in [2.45, 2.75) is 25.9 Å². The van der Waals surface area contributed by atoms with Gasteiger partial charge in [0.15, 0.2) is 11.6 Å². The van der Waals surface area contributed by atoms with Crippen LogP contribution in [-0.4, -0.2) is 71.8 Å². The van der Waals surface area contributed by atoms with Gasteiger partial charge in [0.1, 0.15) is 28.3 Å². The summed E-state index contributed by atoms with van der Waals surface area (Å²) in [5, 5.41) is 6.75. The van der Waals surface area contributed by atoms with Crippen molar-refractivity contribution in [3.8, 4) is 0 Å². The number of aromatic amines is 1. The molecule has 2 aliphatic rings. The van der Waals surface area contributed by atoms with Crippen LogP contribution in [0.25, 0.3) is 0 Å². The number of benzene rings is 1. The number of hydrogen-bond acceptors (Lipinski definition) is 8. The molecule has 0 bridgehead atoms. The van der Waals surface area contributed by atoms with Gasteiger partial charge >= 0.3 is 6.09 Å². The van der Waals surface area contributed by atoms with Crippen LogP contribution in [0.4, 0.5) is 25.0 Å². The molecule has 1 aromatic carbocycles. The third-order valence-electron chi connectivity index (χ3n) is 5.85. The number of H-pyrrole nitrogens is 1. The first-order valence-corrected chi connectivity index (χ1v) is 11.5. The lowest BCUT2D eigenvalue weighted by Crippen LogP contribution is -2.45. The lowest BCUT2D eigenvalue weighted by Gasteiger charge is -2.25. The Morgan fingerprint density at radius 1 is 1.17 bits per heavy atom. The number of Topliss-reactive ketones (excluding diaryl/α,β-unsaturated/α-hetero) is 1. The highest BCUT2D eigenvalue weighted by molar-refractivity contribution is 6.29. The Labute approximate surface area is 208 Å². The average molecular weight is 525 g/mol. The number of aromatic nitrogens is 2. The van der Waals surface area contributed by atoms with E-state index in [1.807, 2.05) is 0 Å². The van der Waals surface area contributed by atoms with Crippen LogP contribution in [0.5, 0.6) is 0 Å². The number of cyclic esters (lactones) is 1. The van der Waals surface area contributed by atoms with Gasteiger partial charge in [0.2, 0.25) is 0 Å². The van der Waals surface area contributed by atoms with Gasteiger partial charge < -0.3 is 14.4 Å². The molecule has 2 saturated heterocycles. The number of carbonyl (C=O) groups is 3. The molecule has 0 unspecified atom stereocenters. The Morgan fingerprint density at radius 2 is 1.89 bits per heavy atom. The van der Waals surface area contributed by atoms with Crippen molar-refractivity contribution >= 4 is 40.8 Å². The first kappa shape index (κ1) is 25.5. The van der Waals surface area contributed by atoms with E-state index in [0.29, 0.717) is 6.42 Å². The second kappa shape index (κ2) is 10.6. The van der Waals surface area contributed by atoms with E-state index in [2.05, 4.69) is 15.6 Å². The number of anilines is 2. The monoisotopic (exact) mass is 524 g/mol. The van der Waals surface area contributed by atoms with Crippen LogP contribution < -0.4 is 20.8 Å². The molecule has 1 aromatic heterocycles. The number of amides is 2. The van der Waals surface area contributed by atoms with Gasteiger partial charge in [-0.2, -0.15) is 5.10 Å². The normalized spacial score (nSPS) is 18.3. The Kier molecular flexibility index (Phi) is 7.50. The van der Waals surface area contributed by atoms with Crippen LogP contribution in [-0.2, 0) is 9.53 Å². The molecule has 0 spiro atoms. The molecule has 192 valence electrons. The van der Waals surface area contributed by atoms with E-state index >= 15 is 8.78 Å². The van der Waals surface area contributed by atoms with Gasteiger partial charge in [-0.1, -0.05) is 11.6 Å². The van der Waals surface area contributed by atoms with Crippen LogP contribution in [0.1, 0.15) is 30.1 Å². The molecule has 36 heavy (non-hydrogen) atoms. The molecule has 14 heteroatoms. The number of nitrogens with zero attached hydrogens (tertiary/aromatic N) is 4. The molecule has 2 aliphatic heterocycles. The molecule has 0 radical (unpaired) electrons. The summed E-state index contributed by atoms with van der Waals surface area (Å²) in [7, 11) is 0. The fourth-order valence-electron chi connectivity index (χ4n) is 4.07. The van der Waals surface area contributed by atoms with E-state index < -0.39 is 35.3 Å². The summed E-state index contributed by atoms with van der Waals surface area (Å²) in [6.45, 7) is 1.88. The third-order valence-corrected chi connectivity index (χ3v) is 6.04. The Balaban J connectivity index is 1.47. The highest BCUT2D eigenvalue weighted by atomic mass is 35.5. The quantitative estimate of drug-likeness (QED) is 0.586. The maximum absolute atomic E-state index is 15.1. The first-order valence-electron chi connectivity index (χ1n) is 11.2. The second-order valence-corrected chi connectivity index (χ2v) is 8.79. The number of hydrazine groups is 1. The van der Waals surface area contributed by atoms with Crippen LogP contribution in [0.3, 0.4) is 0 Å². The molecule has 3 heterocycles. The predicted octanol–water partition coefficient (Wildman–Crippen LogP) is 1.86. The van der Waals surface area contributed by atoms with E-state index in [9.17, 15) is 19.2 Å². The minimum atomic E-state index is -0.887. The van der Waals surface area contributed by atoms with Crippen molar-refractivity contribution in [3.63, 3.8) is 0 Å². The van der Waals surface area contributed by atoms with E-state index in [1.165, 1.54) is 16.8 Å². The van der Waals surface area contributed by atoms with Gasteiger partial charge in [0.25, 0.3) is 11.5 Å². The van der Waals surface area contributed by atoms with E-state index in [-0.39, 0.29) is 67.0 Å². The summed E-state index contributed by atoms with van der Waals surface area (Å²) >= 11 is 5.77. The fourth-order valence-corrected chi connectivity index (χ4v) is 4.22. The van der Waals surface area contributed by atoms with Crippen molar-refractivity contribution in [2.24, 2.45) is 0 Å². The number of ketones is 1. The van der Waals surface area contributed by atoms with Gasteiger partial charge in [-0.15, -0.1) is 0 Å². The van der Waals surface area contributed by atoms with Gasteiger partial charge in [0.05, 0.1) is 18.8 Å². The lowest BCUT2D eigenvalue weighted by atomic mass is 10.1. The number of nitrogens with one attached hydrogen (secondary N) is 2. The number of carbonyl (C=O) groups excluding carboxylic acids is 3. The maximum Gasteiger partial charge on any atom is 0.414 e. The van der Waals surface area contributed by atoms with E-state index in [1.54, 1.807) is 0 Å². The Hall–Kier alpha value is -3.58. The van der Waals surface area contributed by atoms with Gasteiger partial charge in [-0.05, 0) is 19.4 Å². The number of ether oxygens (including phenoxy) is 1. The zero-order valence-corrected chi connectivity index (χ0v) is 20.0. The first-order chi connectivity index (χ1) is 17.1. The van der Waals surface area contributed by atoms with Crippen molar-refractivity contribution < 1.29 is 27.9 Å². The standard InChI is InChI=1S/C22H23ClF2N6O5/c1-12(32)2-3-14-11-30(22(35)36-14)13-8-16(24)19(17(25)9-13)29-5-4-26-31(7-6-29)21(34)15-10-18(23)27-28-20(15)33/h8-10,14,26H,2-7,11H2,1H3,(H,28,33)/t14-/m0/s1. The molecule has 0 saturated carbocycles. The molecule has 4 rings (SSSR count). The van der Waals surface area contributed by atoms with Gasteiger partial charge in [-0.25, -0.2) is 24.1 Å². The second-order valence-electron chi connectivity index (χ2n) is 8.40. The molecular formula is C22H23ClF2N6O5. The van der Waals surface area contributed by atoms with Crippen molar-refractivity contribution in [1.29, 1.82) is 0 Å². The van der Waals surface area contributed by atoms with Crippen LogP contribution in [0, 0.1) is 11.6 Å². The summed E-state index contributed by atoms with van der Waals surface area (Å²) < 4.78 is 35.4. The molecule has 2 N–H and O–H groups in total. The summed E-state index contributed by atoms with van der Waals surface area (Å²) in [6.07, 6.45) is -0.725. The predicted molar refractivity (Wildman–Crippen MR) is 125 cm³/mol. The highest BCUT2D eigenvalue weighted by Gasteiger charge is 2.34. The molecule has 2 amide bonds. The molecule has 1 atom stereocenters. The summed E-state index contributed by atoms with van der Waals surface area (Å²) in [6, 6.07) is 3.23. The molecule has 2 aromatic rings. The summed E-state index contributed by atoms with van der Waals surface area (Å²) in [4.78, 5) is 50.7. The SMILES string of the molecule is CC(=O)CC[C@H]1CN(c2cc(F)c(N3CCNN(C(=O)c4cc(Cl)n[nH]c4=O)CC3)c(F)c2)C(=O)O1. The number of hydrogen-bond donors (Lipinski definition) is 2. The fraction of sp³-hybridized carbons (Fsp3) is 0.409. The van der Waals surface area contributed by atoms with E-state index in [4.69, 9.17) is 16.3 Å².